The molecule has 1 atom stereocenters. The normalized spacial score (nSPS) is 12.0. The number of halogens is 2. The van der Waals surface area contributed by atoms with Gasteiger partial charge in [-0.1, -0.05) is 36.9 Å². The lowest BCUT2D eigenvalue weighted by molar-refractivity contribution is 0.0175. The fourth-order valence-electron chi connectivity index (χ4n) is 3.36. The highest BCUT2D eigenvalue weighted by molar-refractivity contribution is 7.27. The second-order valence-corrected chi connectivity index (χ2v) is 7.15. The maximum atomic E-state index is 13.6. The van der Waals surface area contributed by atoms with Gasteiger partial charge in [-0.05, 0) is 52.0 Å². The highest BCUT2D eigenvalue weighted by atomic mass is 31.0. The Labute approximate surface area is 153 Å². The molecule has 1 aromatic heterocycles. The van der Waals surface area contributed by atoms with E-state index in [2.05, 4.69) is 46.2 Å². The van der Waals surface area contributed by atoms with Crippen molar-refractivity contribution in [1.82, 2.24) is 4.57 Å². The summed E-state index contributed by atoms with van der Waals surface area (Å²) in [6, 6.07) is 17.2. The molecule has 0 saturated carbocycles. The fraction of sp³-hybridized carbons (Fsp3) is 0.0909. The molecule has 1 nitrogen and oxygen atoms in total. The van der Waals surface area contributed by atoms with Crippen LogP contribution in [0.25, 0.3) is 33.4 Å². The van der Waals surface area contributed by atoms with Crippen molar-refractivity contribution in [2.75, 3.05) is 0 Å². The van der Waals surface area contributed by atoms with E-state index in [4.69, 9.17) is 0 Å². The minimum Gasteiger partial charge on any atom is -0.316 e. The SMILES string of the molecule is C=Cc1ccc2c(ccc3c2ccn3-c2ccc(C(C)(F)F)cc2P)c1. The predicted molar refractivity (Wildman–Crippen MR) is 110 cm³/mol. The molecule has 0 aliphatic carbocycles. The molecule has 130 valence electrons. The molecule has 0 radical (unpaired) electrons. The lowest BCUT2D eigenvalue weighted by atomic mass is 10.0. The number of hydrogen-bond acceptors (Lipinski definition) is 0. The highest BCUT2D eigenvalue weighted by Crippen LogP contribution is 2.31. The average molecular weight is 365 g/mol. The molecule has 0 saturated heterocycles. The molecule has 1 heterocycles. The first kappa shape index (κ1) is 16.9. The van der Waals surface area contributed by atoms with Crippen LogP contribution < -0.4 is 5.30 Å². The maximum absolute atomic E-state index is 13.6. The lowest BCUT2D eigenvalue weighted by Gasteiger charge is -2.15. The summed E-state index contributed by atoms with van der Waals surface area (Å²) >= 11 is 0. The molecule has 0 spiro atoms. The molecule has 3 aromatic carbocycles. The third kappa shape index (κ3) is 2.73. The summed E-state index contributed by atoms with van der Waals surface area (Å²) in [5.74, 6) is -2.85. The van der Waals surface area contributed by atoms with Gasteiger partial charge in [0.1, 0.15) is 0 Å². The molecule has 4 heteroatoms. The van der Waals surface area contributed by atoms with Crippen LogP contribution in [0.4, 0.5) is 8.78 Å². The summed E-state index contributed by atoms with van der Waals surface area (Å²) in [5.41, 5.74) is 3.02. The van der Waals surface area contributed by atoms with Gasteiger partial charge >= 0.3 is 0 Å². The van der Waals surface area contributed by atoms with E-state index in [9.17, 15) is 8.78 Å². The number of benzene rings is 3. The van der Waals surface area contributed by atoms with Crippen LogP contribution in [-0.4, -0.2) is 4.57 Å². The lowest BCUT2D eigenvalue weighted by Crippen LogP contribution is -2.12. The summed E-state index contributed by atoms with van der Waals surface area (Å²) in [6.45, 7) is 4.74. The number of nitrogens with zero attached hydrogens (tertiary/aromatic N) is 1. The van der Waals surface area contributed by atoms with Crippen molar-refractivity contribution in [1.29, 1.82) is 0 Å². The second kappa shape index (κ2) is 6.03. The molecule has 26 heavy (non-hydrogen) atoms. The summed E-state index contributed by atoms with van der Waals surface area (Å²) in [4.78, 5) is 0. The second-order valence-electron chi connectivity index (χ2n) is 6.53. The predicted octanol–water partition coefficient (Wildman–Crippen LogP) is 6.04. The van der Waals surface area contributed by atoms with Crippen LogP contribution in [0, 0.1) is 0 Å². The van der Waals surface area contributed by atoms with Crippen molar-refractivity contribution in [2.45, 2.75) is 12.8 Å². The van der Waals surface area contributed by atoms with E-state index in [1.54, 1.807) is 6.07 Å². The van der Waals surface area contributed by atoms with Crippen molar-refractivity contribution >= 4 is 42.3 Å². The Hall–Kier alpha value is -2.51. The van der Waals surface area contributed by atoms with Gasteiger partial charge in [0.2, 0.25) is 0 Å². The molecule has 1 unspecified atom stereocenters. The highest BCUT2D eigenvalue weighted by Gasteiger charge is 2.24. The van der Waals surface area contributed by atoms with Gasteiger partial charge in [0.25, 0.3) is 5.92 Å². The Morgan fingerprint density at radius 1 is 1.00 bits per heavy atom. The van der Waals surface area contributed by atoms with Gasteiger partial charge in [0, 0.05) is 24.1 Å². The van der Waals surface area contributed by atoms with Gasteiger partial charge in [-0.2, -0.15) is 0 Å². The van der Waals surface area contributed by atoms with Gasteiger partial charge in [0.05, 0.1) is 11.2 Å². The van der Waals surface area contributed by atoms with Crippen LogP contribution in [0.1, 0.15) is 18.1 Å². The summed E-state index contributed by atoms with van der Waals surface area (Å²) in [7, 11) is 2.57. The molecule has 0 N–H and O–H groups in total. The van der Waals surface area contributed by atoms with Crippen molar-refractivity contribution in [3.8, 4) is 5.69 Å². The number of fused-ring (bicyclic) bond motifs is 3. The number of rotatable bonds is 3. The quantitative estimate of drug-likeness (QED) is 0.390. The molecular weight excluding hydrogens is 347 g/mol. The Kier molecular flexibility index (Phi) is 3.93. The summed E-state index contributed by atoms with van der Waals surface area (Å²) in [5, 5.41) is 4.18. The third-order valence-electron chi connectivity index (χ3n) is 4.74. The zero-order valence-electron chi connectivity index (χ0n) is 14.3. The average Bonchev–Trinajstić information content (AvgIpc) is 3.04. The molecule has 0 amide bonds. The first-order valence-corrected chi connectivity index (χ1v) is 8.91. The minimum absolute atomic E-state index is 0.0186. The molecule has 4 rings (SSSR count). The fourth-order valence-corrected chi connectivity index (χ4v) is 3.77. The van der Waals surface area contributed by atoms with Crippen LogP contribution in [0.15, 0.2) is 67.4 Å². The number of alkyl halides is 2. The van der Waals surface area contributed by atoms with E-state index in [0.29, 0.717) is 0 Å². The van der Waals surface area contributed by atoms with Crippen LogP contribution >= 0.6 is 9.24 Å². The monoisotopic (exact) mass is 365 g/mol. The van der Waals surface area contributed by atoms with Crippen molar-refractivity contribution < 1.29 is 8.78 Å². The minimum atomic E-state index is -2.85. The zero-order valence-corrected chi connectivity index (χ0v) is 15.5. The van der Waals surface area contributed by atoms with E-state index < -0.39 is 5.92 Å². The maximum Gasteiger partial charge on any atom is 0.270 e. The van der Waals surface area contributed by atoms with E-state index in [1.165, 1.54) is 12.1 Å². The van der Waals surface area contributed by atoms with E-state index >= 15 is 0 Å². The van der Waals surface area contributed by atoms with Gasteiger partial charge in [0.15, 0.2) is 0 Å². The van der Waals surface area contributed by atoms with Gasteiger partial charge in [-0.25, -0.2) is 8.78 Å². The molecule has 0 aliphatic rings. The topological polar surface area (TPSA) is 4.93 Å². The Balaban J connectivity index is 1.90. The number of aromatic nitrogens is 1. The van der Waals surface area contributed by atoms with Crippen molar-refractivity contribution in [3.05, 3.63) is 78.5 Å². The van der Waals surface area contributed by atoms with E-state index in [0.717, 1.165) is 45.2 Å². The van der Waals surface area contributed by atoms with Gasteiger partial charge < -0.3 is 4.57 Å². The molecule has 0 bridgehead atoms. The molecule has 0 aliphatic heterocycles. The molecular formula is C22H18F2NP. The van der Waals surface area contributed by atoms with Crippen molar-refractivity contribution in [2.24, 2.45) is 0 Å². The zero-order chi connectivity index (χ0) is 18.5. The Morgan fingerprint density at radius 2 is 1.81 bits per heavy atom. The number of hydrogen-bond donors (Lipinski definition) is 0. The third-order valence-corrected chi connectivity index (χ3v) is 5.20. The Bertz CT molecular complexity index is 1150. The van der Waals surface area contributed by atoms with Gasteiger partial charge in [-0.15, -0.1) is 9.24 Å². The molecule has 4 aromatic rings. The first-order valence-electron chi connectivity index (χ1n) is 8.33. The first-order chi connectivity index (χ1) is 12.4. The van der Waals surface area contributed by atoms with E-state index in [-0.39, 0.29) is 5.56 Å². The van der Waals surface area contributed by atoms with Crippen LogP contribution in [-0.2, 0) is 5.92 Å². The summed E-state index contributed by atoms with van der Waals surface area (Å²) < 4.78 is 29.2. The smallest absolute Gasteiger partial charge is 0.270 e. The largest absolute Gasteiger partial charge is 0.316 e. The summed E-state index contributed by atoms with van der Waals surface area (Å²) in [6.07, 6.45) is 3.82. The Morgan fingerprint density at radius 3 is 2.50 bits per heavy atom. The standard InChI is InChI=1S/C22H18F2NP/c1-3-14-4-7-17-15(12-14)5-8-19-18(17)10-11-25(19)20-9-6-16(13-21(20)26)22(2,23)24/h3-13H,1,26H2,2H3. The van der Waals surface area contributed by atoms with Gasteiger partial charge in [-0.3, -0.25) is 0 Å². The molecule has 0 fully saturated rings. The van der Waals surface area contributed by atoms with Crippen molar-refractivity contribution in [3.63, 3.8) is 0 Å². The van der Waals surface area contributed by atoms with Crippen LogP contribution in [0.5, 0.6) is 0 Å². The van der Waals surface area contributed by atoms with Crippen LogP contribution in [0.2, 0.25) is 0 Å². The van der Waals surface area contributed by atoms with E-state index in [1.807, 2.05) is 22.9 Å². The van der Waals surface area contributed by atoms with Crippen LogP contribution in [0.3, 0.4) is 0 Å².